The quantitative estimate of drug-likeness (QED) is 0.850. The Morgan fingerprint density at radius 3 is 2.72 bits per heavy atom. The van der Waals surface area contributed by atoms with Gasteiger partial charge >= 0.3 is 0 Å². The van der Waals surface area contributed by atoms with E-state index < -0.39 is 6.43 Å². The Morgan fingerprint density at radius 2 is 2.06 bits per heavy atom. The average Bonchev–Trinajstić information content (AvgIpc) is 2.34. The highest BCUT2D eigenvalue weighted by atomic mass is 35.5. The molecule has 1 aromatic carbocycles. The number of nitrogen functional groups attached to an aromatic ring is 1. The van der Waals surface area contributed by atoms with Crippen LogP contribution >= 0.6 is 23.4 Å². The van der Waals surface area contributed by atoms with Gasteiger partial charge < -0.3 is 5.73 Å². The minimum absolute atomic E-state index is 0.110. The van der Waals surface area contributed by atoms with Crippen molar-refractivity contribution in [3.8, 4) is 0 Å². The second-order valence-electron chi connectivity index (χ2n) is 3.49. The molecule has 0 aliphatic heterocycles. The highest BCUT2D eigenvalue weighted by Crippen LogP contribution is 2.37. The van der Waals surface area contributed by atoms with E-state index in [-0.39, 0.29) is 5.56 Å². The van der Waals surface area contributed by atoms with Crippen molar-refractivity contribution < 1.29 is 8.78 Å². The number of alkyl halides is 2. The zero-order valence-electron chi connectivity index (χ0n) is 9.11. The van der Waals surface area contributed by atoms with E-state index in [1.54, 1.807) is 30.5 Å². The Kier molecular flexibility index (Phi) is 4.04. The summed E-state index contributed by atoms with van der Waals surface area (Å²) in [5.41, 5.74) is 5.70. The summed E-state index contributed by atoms with van der Waals surface area (Å²) in [5.74, 6) is 0. The van der Waals surface area contributed by atoms with Crippen molar-refractivity contribution in [1.29, 1.82) is 0 Å². The molecule has 2 nitrogen and oxygen atoms in total. The van der Waals surface area contributed by atoms with Gasteiger partial charge in [-0.05, 0) is 30.3 Å². The average molecular weight is 287 g/mol. The molecule has 0 fully saturated rings. The molecular formula is C12H9ClF2N2S. The monoisotopic (exact) mass is 286 g/mol. The van der Waals surface area contributed by atoms with Crippen molar-refractivity contribution in [2.24, 2.45) is 0 Å². The minimum Gasteiger partial charge on any atom is -0.399 e. The van der Waals surface area contributed by atoms with Crippen molar-refractivity contribution in [3.05, 3.63) is 47.1 Å². The fraction of sp³-hybridized carbons (Fsp3) is 0.0833. The molecule has 0 unspecified atom stereocenters. The molecule has 0 atom stereocenters. The van der Waals surface area contributed by atoms with Gasteiger partial charge in [0.15, 0.2) is 0 Å². The smallest absolute Gasteiger partial charge is 0.265 e. The van der Waals surface area contributed by atoms with E-state index in [4.69, 9.17) is 17.3 Å². The molecule has 0 saturated carbocycles. The summed E-state index contributed by atoms with van der Waals surface area (Å²) in [7, 11) is 0. The van der Waals surface area contributed by atoms with Gasteiger partial charge in [-0.25, -0.2) is 13.8 Å². The molecule has 1 aromatic heterocycles. The first-order valence-electron chi connectivity index (χ1n) is 5.04. The van der Waals surface area contributed by atoms with Crippen LogP contribution in [0.4, 0.5) is 14.5 Å². The maximum Gasteiger partial charge on any atom is 0.265 e. The fourth-order valence-corrected chi connectivity index (χ4v) is 2.51. The third-order valence-corrected chi connectivity index (χ3v) is 3.73. The van der Waals surface area contributed by atoms with E-state index in [1.807, 2.05) is 0 Å². The minimum atomic E-state index is -2.58. The van der Waals surface area contributed by atoms with Crippen LogP contribution in [0, 0.1) is 0 Å². The number of nitrogens with zero attached hydrogens (tertiary/aromatic N) is 1. The maximum absolute atomic E-state index is 12.9. The lowest BCUT2D eigenvalue weighted by atomic mass is 10.2. The van der Waals surface area contributed by atoms with Gasteiger partial charge in [0.2, 0.25) is 0 Å². The van der Waals surface area contributed by atoms with Gasteiger partial charge in [-0.2, -0.15) is 0 Å². The summed E-state index contributed by atoms with van der Waals surface area (Å²) < 4.78 is 25.8. The number of hydrogen-bond donors (Lipinski definition) is 1. The molecule has 0 spiro atoms. The lowest BCUT2D eigenvalue weighted by molar-refractivity contribution is 0.148. The Labute approximate surface area is 112 Å². The van der Waals surface area contributed by atoms with Crippen molar-refractivity contribution in [3.63, 3.8) is 0 Å². The number of rotatable bonds is 3. The molecule has 2 aromatic rings. The number of anilines is 1. The summed E-state index contributed by atoms with van der Waals surface area (Å²) in [4.78, 5) is 4.45. The van der Waals surface area contributed by atoms with Gasteiger partial charge in [0.1, 0.15) is 5.03 Å². The largest absolute Gasteiger partial charge is 0.399 e. The normalized spacial score (nSPS) is 10.9. The molecule has 18 heavy (non-hydrogen) atoms. The predicted octanol–water partition coefficient (Wildman–Crippen LogP) is 4.41. The van der Waals surface area contributed by atoms with Crippen LogP contribution in [0.5, 0.6) is 0 Å². The van der Waals surface area contributed by atoms with Crippen LogP contribution in [0.2, 0.25) is 5.02 Å². The van der Waals surface area contributed by atoms with Crippen LogP contribution < -0.4 is 5.73 Å². The number of hydrogen-bond acceptors (Lipinski definition) is 3. The molecule has 0 bridgehead atoms. The first-order chi connectivity index (χ1) is 8.58. The predicted molar refractivity (Wildman–Crippen MR) is 69.2 cm³/mol. The molecule has 1 heterocycles. The molecule has 0 aliphatic carbocycles. The van der Waals surface area contributed by atoms with E-state index in [0.29, 0.717) is 20.6 Å². The lowest BCUT2D eigenvalue weighted by Crippen LogP contribution is -1.93. The number of aromatic nitrogens is 1. The van der Waals surface area contributed by atoms with Crippen molar-refractivity contribution >= 4 is 29.1 Å². The summed E-state index contributed by atoms with van der Waals surface area (Å²) in [6.45, 7) is 0. The summed E-state index contributed by atoms with van der Waals surface area (Å²) in [6, 6.07) is 7.74. The first-order valence-corrected chi connectivity index (χ1v) is 6.23. The fourth-order valence-electron chi connectivity index (χ4n) is 1.38. The molecule has 2 N–H and O–H groups in total. The SMILES string of the molecule is Nc1ccc(Sc2ncccc2Cl)c(C(F)F)c1. The van der Waals surface area contributed by atoms with Crippen LogP contribution in [0.25, 0.3) is 0 Å². The van der Waals surface area contributed by atoms with E-state index in [9.17, 15) is 8.78 Å². The summed E-state index contributed by atoms with van der Waals surface area (Å²) in [5, 5.41) is 0.922. The Hall–Kier alpha value is -1.33. The second kappa shape index (κ2) is 5.54. The summed E-state index contributed by atoms with van der Waals surface area (Å²) >= 11 is 7.04. The molecule has 0 radical (unpaired) electrons. The number of nitrogens with two attached hydrogens (primary N) is 1. The van der Waals surface area contributed by atoms with E-state index in [2.05, 4.69) is 4.98 Å². The molecule has 0 amide bonds. The topological polar surface area (TPSA) is 38.9 Å². The van der Waals surface area contributed by atoms with Crippen LogP contribution in [-0.2, 0) is 0 Å². The van der Waals surface area contributed by atoms with E-state index >= 15 is 0 Å². The molecule has 0 aliphatic rings. The Balaban J connectivity index is 2.37. The van der Waals surface area contributed by atoms with Crippen LogP contribution in [0.1, 0.15) is 12.0 Å². The van der Waals surface area contributed by atoms with Crippen LogP contribution in [0.3, 0.4) is 0 Å². The van der Waals surface area contributed by atoms with Crippen molar-refractivity contribution in [2.75, 3.05) is 5.73 Å². The molecule has 0 saturated heterocycles. The van der Waals surface area contributed by atoms with Gasteiger partial charge in [0.05, 0.1) is 5.02 Å². The van der Waals surface area contributed by atoms with Crippen molar-refractivity contribution in [1.82, 2.24) is 4.98 Å². The van der Waals surface area contributed by atoms with E-state index in [1.165, 1.54) is 6.07 Å². The molecular weight excluding hydrogens is 278 g/mol. The third-order valence-electron chi connectivity index (χ3n) is 2.20. The van der Waals surface area contributed by atoms with Crippen LogP contribution in [0.15, 0.2) is 46.5 Å². The molecule has 94 valence electrons. The highest BCUT2D eigenvalue weighted by Gasteiger charge is 2.15. The van der Waals surface area contributed by atoms with Gasteiger partial charge in [-0.3, -0.25) is 0 Å². The number of halogens is 3. The standard InChI is InChI=1S/C12H9ClF2N2S/c13-9-2-1-5-17-12(9)18-10-4-3-7(16)6-8(10)11(14)15/h1-6,11H,16H2. The van der Waals surface area contributed by atoms with Gasteiger partial charge in [-0.1, -0.05) is 23.4 Å². The Bertz CT molecular complexity index is 564. The number of benzene rings is 1. The van der Waals surface area contributed by atoms with Crippen LogP contribution in [-0.4, -0.2) is 4.98 Å². The Morgan fingerprint density at radius 1 is 1.28 bits per heavy atom. The summed E-state index contributed by atoms with van der Waals surface area (Å²) in [6.07, 6.45) is -1.02. The molecule has 2 rings (SSSR count). The zero-order valence-corrected chi connectivity index (χ0v) is 10.7. The van der Waals surface area contributed by atoms with Gasteiger partial charge in [-0.15, -0.1) is 0 Å². The third kappa shape index (κ3) is 2.91. The highest BCUT2D eigenvalue weighted by molar-refractivity contribution is 7.99. The van der Waals surface area contributed by atoms with Gasteiger partial charge in [0, 0.05) is 22.3 Å². The second-order valence-corrected chi connectivity index (χ2v) is 4.93. The first kappa shape index (κ1) is 13.1. The number of pyridine rings is 1. The lowest BCUT2D eigenvalue weighted by Gasteiger charge is -2.09. The maximum atomic E-state index is 12.9. The van der Waals surface area contributed by atoms with E-state index in [0.717, 1.165) is 11.8 Å². The zero-order chi connectivity index (χ0) is 13.1. The van der Waals surface area contributed by atoms with Gasteiger partial charge in [0.25, 0.3) is 6.43 Å². The molecule has 6 heteroatoms. The van der Waals surface area contributed by atoms with Crippen molar-refractivity contribution in [2.45, 2.75) is 16.3 Å².